The van der Waals surface area contributed by atoms with Gasteiger partial charge in [0.15, 0.2) is 5.69 Å². The van der Waals surface area contributed by atoms with E-state index in [-0.39, 0.29) is 5.69 Å². The second kappa shape index (κ2) is 2.27. The summed E-state index contributed by atoms with van der Waals surface area (Å²) >= 11 is 0. The third-order valence-electron chi connectivity index (χ3n) is 0.772. The molecule has 1 amide bonds. The van der Waals surface area contributed by atoms with Crippen molar-refractivity contribution in [3.05, 3.63) is 18.0 Å². The summed E-state index contributed by atoms with van der Waals surface area (Å²) in [5.41, 5.74) is 1.46. The van der Waals surface area contributed by atoms with Gasteiger partial charge < -0.3 is 4.52 Å². The summed E-state index contributed by atoms with van der Waals surface area (Å²) in [5.74, 6) is 7.35. The van der Waals surface area contributed by atoms with Crippen LogP contribution in [0.3, 0.4) is 0 Å². The van der Waals surface area contributed by atoms with Crippen LogP contribution >= 0.6 is 0 Å². The monoisotopic (exact) mass is 125 g/mol. The van der Waals surface area contributed by atoms with Crippen molar-refractivity contribution in [3.63, 3.8) is 0 Å². The van der Waals surface area contributed by atoms with Crippen LogP contribution < -0.4 is 11.3 Å². The van der Waals surface area contributed by atoms with Crippen molar-refractivity contribution >= 4 is 5.91 Å². The largest absolute Gasteiger partial charge is 0.364 e. The Morgan fingerprint density at radius 1 is 1.89 bits per heavy atom. The summed E-state index contributed by atoms with van der Waals surface area (Å²) in [5, 5.41) is 3.24. The van der Waals surface area contributed by atoms with E-state index in [0.717, 1.165) is 0 Å². The second-order valence-electron chi connectivity index (χ2n) is 1.33. The Balaban J connectivity index is 2.77. The molecule has 1 N–H and O–H groups in total. The summed E-state index contributed by atoms with van der Waals surface area (Å²) in [4.78, 5) is 10.4. The number of carbonyl (C=O) groups is 1. The number of carbonyl (C=O) groups excluding carboxylic acids is 1. The Kier molecular flexibility index (Phi) is 1.46. The molecule has 1 rings (SSSR count). The summed E-state index contributed by atoms with van der Waals surface area (Å²) in [6, 6.07) is 1.34. The van der Waals surface area contributed by atoms with Gasteiger partial charge in [-0.1, -0.05) is 5.16 Å². The van der Waals surface area contributed by atoms with E-state index in [4.69, 9.17) is 5.84 Å². The van der Waals surface area contributed by atoms with Crippen molar-refractivity contribution in [1.82, 2.24) is 16.4 Å². The lowest BCUT2D eigenvalue weighted by Crippen LogP contribution is -2.20. The fourth-order valence-corrected chi connectivity index (χ4v) is 0.387. The van der Waals surface area contributed by atoms with Gasteiger partial charge in [0.05, 0.1) is 0 Å². The molecule has 5 nitrogen and oxygen atoms in total. The molecular weight excluding hydrogens is 122 g/mol. The Bertz CT molecular complexity index is 194. The fourth-order valence-electron chi connectivity index (χ4n) is 0.387. The van der Waals surface area contributed by atoms with Crippen molar-refractivity contribution in [1.29, 1.82) is 0 Å². The molecule has 0 spiro atoms. The van der Waals surface area contributed by atoms with Crippen LogP contribution in [0, 0.1) is 0 Å². The Hall–Kier alpha value is -1.36. The summed E-state index contributed by atoms with van der Waals surface area (Å²) in [7, 11) is 0. The second-order valence-corrected chi connectivity index (χ2v) is 1.33. The van der Waals surface area contributed by atoms with Gasteiger partial charge in [-0.05, 0) is 5.84 Å². The molecule has 0 fully saturated rings. The predicted octanol–water partition coefficient (Wildman–Crippen LogP) is -0.612. The molecule has 2 radical (unpaired) electrons. The maximum Gasteiger partial charge on any atom is 0.290 e. The molecule has 9 heavy (non-hydrogen) atoms. The first-order valence-electron chi connectivity index (χ1n) is 2.19. The van der Waals surface area contributed by atoms with E-state index in [0.29, 0.717) is 0 Å². The molecule has 1 heterocycles. The highest BCUT2D eigenvalue weighted by Crippen LogP contribution is 1.91. The molecule has 0 atom stereocenters. The molecule has 0 saturated carbocycles. The van der Waals surface area contributed by atoms with E-state index >= 15 is 0 Å². The number of nitrogens with zero attached hydrogens (tertiary/aromatic N) is 2. The summed E-state index contributed by atoms with van der Waals surface area (Å²) < 4.78 is 4.32. The third-order valence-corrected chi connectivity index (χ3v) is 0.772. The normalized spacial score (nSPS) is 9.00. The number of hydrogen-bond acceptors (Lipinski definition) is 3. The van der Waals surface area contributed by atoms with Crippen LogP contribution in [0.5, 0.6) is 0 Å². The fraction of sp³-hybridized carbons (Fsp3) is 0. The minimum atomic E-state index is -0.677. The molecule has 1 aromatic rings. The van der Waals surface area contributed by atoms with Gasteiger partial charge in [-0.25, -0.2) is 5.43 Å². The lowest BCUT2D eigenvalue weighted by Gasteiger charge is -1.85. The summed E-state index contributed by atoms with van der Waals surface area (Å²) in [6.45, 7) is 0. The van der Waals surface area contributed by atoms with Crippen molar-refractivity contribution in [2.45, 2.75) is 0 Å². The van der Waals surface area contributed by atoms with E-state index in [1.165, 1.54) is 17.8 Å². The van der Waals surface area contributed by atoms with E-state index in [1.54, 1.807) is 0 Å². The van der Waals surface area contributed by atoms with E-state index in [2.05, 4.69) is 9.68 Å². The molecule has 0 aromatic carbocycles. The van der Waals surface area contributed by atoms with Crippen LogP contribution in [0.4, 0.5) is 0 Å². The highest BCUT2D eigenvalue weighted by atomic mass is 16.5. The van der Waals surface area contributed by atoms with Gasteiger partial charge in [0, 0.05) is 6.07 Å². The quantitative estimate of drug-likeness (QED) is 0.508. The molecule has 0 aliphatic carbocycles. The number of hydrogen-bond donors (Lipinski definition) is 1. The smallest absolute Gasteiger partial charge is 0.290 e. The molecular formula is C4H3N3O2. The van der Waals surface area contributed by atoms with Gasteiger partial charge in [0.1, 0.15) is 6.26 Å². The van der Waals surface area contributed by atoms with Gasteiger partial charge in [-0.2, -0.15) is 0 Å². The molecule has 5 heteroatoms. The third kappa shape index (κ3) is 1.06. The molecule has 0 bridgehead atoms. The standard InChI is InChI=1S/C4H3N3O2/c5-6-4(8)3-1-2-9-7-3/h1-2H,(H,6,8). The van der Waals surface area contributed by atoms with Crippen molar-refractivity contribution in [2.75, 3.05) is 0 Å². The molecule has 0 aliphatic rings. The Morgan fingerprint density at radius 3 is 3.11 bits per heavy atom. The highest BCUT2D eigenvalue weighted by Gasteiger charge is 2.05. The first kappa shape index (κ1) is 5.77. The van der Waals surface area contributed by atoms with Crippen LogP contribution in [0.25, 0.3) is 0 Å². The van der Waals surface area contributed by atoms with E-state index in [9.17, 15) is 4.79 Å². The maximum atomic E-state index is 10.4. The van der Waals surface area contributed by atoms with Gasteiger partial charge in [-0.15, -0.1) is 0 Å². The topological polar surface area (TPSA) is 77.4 Å². The lowest BCUT2D eigenvalue weighted by atomic mass is 10.4. The average molecular weight is 125 g/mol. The predicted molar refractivity (Wildman–Crippen MR) is 26.1 cm³/mol. The van der Waals surface area contributed by atoms with Gasteiger partial charge in [0.2, 0.25) is 0 Å². The van der Waals surface area contributed by atoms with Gasteiger partial charge in [0.25, 0.3) is 5.91 Å². The lowest BCUT2D eigenvalue weighted by molar-refractivity contribution is 0.0941. The van der Waals surface area contributed by atoms with Crippen molar-refractivity contribution in [2.24, 2.45) is 0 Å². The number of aromatic nitrogens is 1. The molecule has 1 aromatic heterocycles. The molecule has 46 valence electrons. The average Bonchev–Trinajstić information content (AvgIpc) is 2.37. The van der Waals surface area contributed by atoms with Crippen LogP contribution in [-0.4, -0.2) is 11.1 Å². The minimum Gasteiger partial charge on any atom is -0.364 e. The number of rotatable bonds is 1. The van der Waals surface area contributed by atoms with Crippen LogP contribution in [0.15, 0.2) is 16.9 Å². The van der Waals surface area contributed by atoms with Crippen LogP contribution in [0.2, 0.25) is 0 Å². The van der Waals surface area contributed by atoms with Crippen molar-refractivity contribution < 1.29 is 9.32 Å². The molecule has 0 aliphatic heterocycles. The maximum absolute atomic E-state index is 10.4. The number of nitrogens with one attached hydrogen (secondary N) is 1. The minimum absolute atomic E-state index is 0.0532. The van der Waals surface area contributed by atoms with E-state index < -0.39 is 5.91 Å². The highest BCUT2D eigenvalue weighted by molar-refractivity contribution is 5.91. The van der Waals surface area contributed by atoms with Crippen molar-refractivity contribution in [3.8, 4) is 0 Å². The molecule has 0 saturated heterocycles. The molecule has 0 unspecified atom stereocenters. The van der Waals surface area contributed by atoms with Gasteiger partial charge >= 0.3 is 0 Å². The van der Waals surface area contributed by atoms with E-state index in [1.807, 2.05) is 0 Å². The zero-order valence-electron chi connectivity index (χ0n) is 4.37. The Morgan fingerprint density at radius 2 is 2.67 bits per heavy atom. The van der Waals surface area contributed by atoms with Crippen LogP contribution in [0.1, 0.15) is 10.5 Å². The Labute approximate surface area is 50.8 Å². The summed E-state index contributed by atoms with van der Waals surface area (Å²) in [6.07, 6.45) is 1.24. The number of amides is 1. The first-order chi connectivity index (χ1) is 4.34. The SMILES string of the molecule is [N]NC(=O)c1ccon1. The van der Waals surface area contributed by atoms with Crippen LogP contribution in [-0.2, 0) is 0 Å². The first-order valence-corrected chi connectivity index (χ1v) is 2.19. The van der Waals surface area contributed by atoms with Gasteiger partial charge in [-0.3, -0.25) is 4.79 Å². The zero-order valence-corrected chi connectivity index (χ0v) is 4.37. The zero-order chi connectivity index (χ0) is 6.69.